The second-order valence-electron chi connectivity index (χ2n) is 5.98. The number of rotatable bonds is 4. The van der Waals surface area contributed by atoms with Crippen LogP contribution in [0.5, 0.6) is 0 Å². The molecule has 0 bridgehead atoms. The molecule has 7 heteroatoms. The molecule has 24 heavy (non-hydrogen) atoms. The summed E-state index contributed by atoms with van der Waals surface area (Å²) in [5.74, 6) is 0.858. The lowest BCUT2D eigenvalue weighted by molar-refractivity contribution is 0.734. The van der Waals surface area contributed by atoms with Crippen molar-refractivity contribution in [2.75, 3.05) is 11.1 Å². The molecule has 1 fully saturated rings. The molecule has 1 aliphatic rings. The van der Waals surface area contributed by atoms with Gasteiger partial charge in [-0.3, -0.25) is 4.79 Å². The maximum absolute atomic E-state index is 12.7. The summed E-state index contributed by atoms with van der Waals surface area (Å²) in [5.41, 5.74) is 7.02. The van der Waals surface area contributed by atoms with Crippen molar-refractivity contribution in [1.29, 1.82) is 0 Å². The molecule has 0 amide bonds. The Labute approximate surface area is 138 Å². The molecule has 1 saturated carbocycles. The highest BCUT2D eigenvalue weighted by molar-refractivity contribution is 5.94. The van der Waals surface area contributed by atoms with Gasteiger partial charge in [0.15, 0.2) is 0 Å². The number of fused-ring (bicyclic) bond motifs is 1. The standard InChI is InChI=1S/C17H18N6O/c1-2-23-6-5-10-7-13(11-8-19-17(18)20-9-11)22-15(14(10)16(23)24)21-12-3-4-12/h5-9,12H,2-4H2,1H3,(H,21,22)(H2,18,19,20). The van der Waals surface area contributed by atoms with Crippen molar-refractivity contribution in [2.45, 2.75) is 32.4 Å². The van der Waals surface area contributed by atoms with E-state index in [2.05, 4.69) is 20.3 Å². The molecule has 1 aliphatic carbocycles. The van der Waals surface area contributed by atoms with Crippen LogP contribution in [0.15, 0.2) is 35.5 Å². The molecular formula is C17H18N6O. The molecule has 7 nitrogen and oxygen atoms in total. The highest BCUT2D eigenvalue weighted by Crippen LogP contribution is 2.30. The molecule has 122 valence electrons. The van der Waals surface area contributed by atoms with E-state index < -0.39 is 0 Å². The molecular weight excluding hydrogens is 304 g/mol. The van der Waals surface area contributed by atoms with Gasteiger partial charge in [-0.2, -0.15) is 0 Å². The fourth-order valence-electron chi connectivity index (χ4n) is 2.70. The van der Waals surface area contributed by atoms with Crippen molar-refractivity contribution in [3.8, 4) is 11.3 Å². The third-order valence-corrected chi connectivity index (χ3v) is 4.19. The van der Waals surface area contributed by atoms with E-state index in [-0.39, 0.29) is 11.5 Å². The Morgan fingerprint density at radius 1 is 1.33 bits per heavy atom. The van der Waals surface area contributed by atoms with Crippen molar-refractivity contribution < 1.29 is 0 Å². The lowest BCUT2D eigenvalue weighted by atomic mass is 10.1. The molecule has 3 N–H and O–H groups in total. The SMILES string of the molecule is CCn1ccc2cc(-c3cnc(N)nc3)nc(NC3CC3)c2c1=O. The quantitative estimate of drug-likeness (QED) is 0.762. The van der Waals surface area contributed by atoms with Gasteiger partial charge in [0, 0.05) is 36.7 Å². The summed E-state index contributed by atoms with van der Waals surface area (Å²) < 4.78 is 1.69. The van der Waals surface area contributed by atoms with Gasteiger partial charge in [-0.05, 0) is 37.3 Å². The van der Waals surface area contributed by atoms with Gasteiger partial charge in [0.25, 0.3) is 5.56 Å². The van der Waals surface area contributed by atoms with E-state index in [9.17, 15) is 4.79 Å². The number of nitrogens with one attached hydrogen (secondary N) is 1. The molecule has 4 rings (SSSR count). The van der Waals surface area contributed by atoms with Crippen molar-refractivity contribution in [1.82, 2.24) is 19.5 Å². The number of hydrogen-bond donors (Lipinski definition) is 2. The normalized spacial score (nSPS) is 14.0. The maximum Gasteiger partial charge on any atom is 0.262 e. The predicted molar refractivity (Wildman–Crippen MR) is 93.8 cm³/mol. The van der Waals surface area contributed by atoms with E-state index in [0.717, 1.165) is 29.5 Å². The molecule has 0 aromatic carbocycles. The smallest absolute Gasteiger partial charge is 0.262 e. The minimum atomic E-state index is -0.0224. The van der Waals surface area contributed by atoms with Crippen LogP contribution >= 0.6 is 0 Å². The third-order valence-electron chi connectivity index (χ3n) is 4.19. The van der Waals surface area contributed by atoms with E-state index in [1.54, 1.807) is 17.0 Å². The summed E-state index contributed by atoms with van der Waals surface area (Å²) in [5, 5.41) is 4.87. The van der Waals surface area contributed by atoms with Gasteiger partial charge >= 0.3 is 0 Å². The largest absolute Gasteiger partial charge is 0.368 e. The molecule has 0 spiro atoms. The first-order valence-corrected chi connectivity index (χ1v) is 8.04. The number of pyridine rings is 2. The van der Waals surface area contributed by atoms with Gasteiger partial charge in [-0.15, -0.1) is 0 Å². The fourth-order valence-corrected chi connectivity index (χ4v) is 2.70. The Morgan fingerprint density at radius 2 is 2.08 bits per heavy atom. The zero-order valence-electron chi connectivity index (χ0n) is 13.4. The van der Waals surface area contributed by atoms with Gasteiger partial charge in [0.1, 0.15) is 5.82 Å². The molecule has 3 aromatic heterocycles. The second kappa shape index (κ2) is 5.59. The van der Waals surface area contributed by atoms with Gasteiger partial charge in [0.05, 0.1) is 11.1 Å². The minimum Gasteiger partial charge on any atom is -0.368 e. The van der Waals surface area contributed by atoms with Crippen molar-refractivity contribution >= 4 is 22.5 Å². The summed E-state index contributed by atoms with van der Waals surface area (Å²) in [4.78, 5) is 25.4. The van der Waals surface area contributed by atoms with E-state index in [0.29, 0.717) is 23.8 Å². The second-order valence-corrected chi connectivity index (χ2v) is 5.98. The Balaban J connectivity index is 1.93. The van der Waals surface area contributed by atoms with Gasteiger partial charge < -0.3 is 15.6 Å². The molecule has 0 unspecified atom stereocenters. The molecule has 3 aromatic rings. The zero-order valence-corrected chi connectivity index (χ0v) is 13.4. The van der Waals surface area contributed by atoms with Gasteiger partial charge in [0.2, 0.25) is 5.95 Å². The van der Waals surface area contributed by atoms with E-state index in [4.69, 9.17) is 5.73 Å². The zero-order chi connectivity index (χ0) is 16.7. The molecule has 0 atom stereocenters. The average Bonchev–Trinajstić information content (AvgIpc) is 3.39. The first kappa shape index (κ1) is 14.6. The topological polar surface area (TPSA) is 98.7 Å². The van der Waals surface area contributed by atoms with Crippen LogP contribution in [0.25, 0.3) is 22.0 Å². The minimum absolute atomic E-state index is 0.0224. The van der Waals surface area contributed by atoms with Crippen LogP contribution in [-0.4, -0.2) is 25.6 Å². The number of aromatic nitrogens is 4. The first-order chi connectivity index (χ1) is 11.7. The van der Waals surface area contributed by atoms with E-state index in [1.807, 2.05) is 25.3 Å². The van der Waals surface area contributed by atoms with E-state index in [1.165, 1.54) is 0 Å². The number of nitrogen functional groups attached to an aromatic ring is 1. The number of nitrogens with zero attached hydrogens (tertiary/aromatic N) is 4. The Bertz CT molecular complexity index is 959. The number of hydrogen-bond acceptors (Lipinski definition) is 6. The van der Waals surface area contributed by atoms with Crippen LogP contribution in [0.3, 0.4) is 0 Å². The van der Waals surface area contributed by atoms with Crippen molar-refractivity contribution in [3.05, 3.63) is 41.1 Å². The molecule has 0 saturated heterocycles. The van der Waals surface area contributed by atoms with Crippen LogP contribution in [0, 0.1) is 0 Å². The Hall–Kier alpha value is -2.96. The summed E-state index contributed by atoms with van der Waals surface area (Å²) in [6.07, 6.45) is 7.31. The lowest BCUT2D eigenvalue weighted by Gasteiger charge is -2.12. The Kier molecular flexibility index (Phi) is 3.41. The highest BCUT2D eigenvalue weighted by Gasteiger charge is 2.23. The summed E-state index contributed by atoms with van der Waals surface area (Å²) in [7, 11) is 0. The maximum atomic E-state index is 12.7. The molecule has 0 radical (unpaired) electrons. The third kappa shape index (κ3) is 2.58. The predicted octanol–water partition coefficient (Wildman–Crippen LogP) is 2.03. The number of nitrogens with two attached hydrogens (primary N) is 1. The first-order valence-electron chi connectivity index (χ1n) is 8.04. The summed E-state index contributed by atoms with van der Waals surface area (Å²) in [6.45, 7) is 2.58. The Morgan fingerprint density at radius 3 is 2.75 bits per heavy atom. The summed E-state index contributed by atoms with van der Waals surface area (Å²) in [6, 6.07) is 4.24. The van der Waals surface area contributed by atoms with Gasteiger partial charge in [-0.1, -0.05) is 0 Å². The monoisotopic (exact) mass is 322 g/mol. The molecule has 0 aliphatic heterocycles. The highest BCUT2D eigenvalue weighted by atomic mass is 16.1. The average molecular weight is 322 g/mol. The number of anilines is 2. The van der Waals surface area contributed by atoms with Crippen LogP contribution in [0.1, 0.15) is 19.8 Å². The van der Waals surface area contributed by atoms with E-state index >= 15 is 0 Å². The lowest BCUT2D eigenvalue weighted by Crippen LogP contribution is -2.20. The van der Waals surface area contributed by atoms with Crippen LogP contribution in [-0.2, 0) is 6.54 Å². The molecule has 3 heterocycles. The number of aryl methyl sites for hydroxylation is 1. The van der Waals surface area contributed by atoms with Crippen molar-refractivity contribution in [3.63, 3.8) is 0 Å². The van der Waals surface area contributed by atoms with Gasteiger partial charge in [-0.25, -0.2) is 15.0 Å². The summed E-state index contributed by atoms with van der Waals surface area (Å²) >= 11 is 0. The fraction of sp³-hybridized carbons (Fsp3) is 0.294. The van der Waals surface area contributed by atoms with Crippen LogP contribution < -0.4 is 16.6 Å². The van der Waals surface area contributed by atoms with Crippen LogP contribution in [0.4, 0.5) is 11.8 Å². The van der Waals surface area contributed by atoms with Crippen LogP contribution in [0.2, 0.25) is 0 Å². The van der Waals surface area contributed by atoms with Crippen molar-refractivity contribution in [2.24, 2.45) is 0 Å².